The van der Waals surface area contributed by atoms with Crippen LogP contribution in [0.5, 0.6) is 0 Å². The topological polar surface area (TPSA) is 310 Å². The van der Waals surface area contributed by atoms with E-state index in [0.717, 1.165) is 12.7 Å². The Balaban J connectivity index is 1.17. The van der Waals surface area contributed by atoms with Crippen molar-refractivity contribution in [1.29, 1.82) is 0 Å². The average Bonchev–Trinajstić information content (AvgIpc) is 3.73. The van der Waals surface area contributed by atoms with E-state index >= 15 is 0 Å². The lowest BCUT2D eigenvalue weighted by Gasteiger charge is -2.27. The first-order valence-corrected chi connectivity index (χ1v) is 15.8. The van der Waals surface area contributed by atoms with Crippen molar-refractivity contribution < 1.29 is 56.7 Å². The average molecular weight is 658 g/mol. The molecule has 0 aliphatic carbocycles. The predicted octanol–water partition coefficient (Wildman–Crippen LogP) is -1.63. The van der Waals surface area contributed by atoms with E-state index < -0.39 is 77.9 Å². The fraction of sp³-hybridized carbons (Fsp3) is 0.500. The highest BCUT2D eigenvalue weighted by atomic mass is 31.2. The van der Waals surface area contributed by atoms with Gasteiger partial charge in [-0.05, 0) is 0 Å². The number of anilines is 2. The number of nitrogens with two attached hydrogens (primary N) is 2. The molecule has 0 spiro atoms. The van der Waals surface area contributed by atoms with Gasteiger partial charge in [-0.3, -0.25) is 27.2 Å². The second kappa shape index (κ2) is 10.7. The molecule has 8 N–H and O–H groups in total. The van der Waals surface area contributed by atoms with Crippen LogP contribution in [0.3, 0.4) is 0 Å². The van der Waals surface area contributed by atoms with Crippen LogP contribution in [0.2, 0.25) is 0 Å². The molecule has 3 aliphatic rings. The Labute approximate surface area is 244 Å². The van der Waals surface area contributed by atoms with E-state index in [2.05, 4.69) is 29.9 Å². The molecule has 3 saturated heterocycles. The summed E-state index contributed by atoms with van der Waals surface area (Å²) in [6, 6.07) is 0. The third-order valence-corrected chi connectivity index (χ3v) is 9.23. The van der Waals surface area contributed by atoms with Crippen molar-refractivity contribution in [2.45, 2.75) is 49.1 Å². The summed E-state index contributed by atoms with van der Waals surface area (Å²) in [7, 11) is -10.0. The maximum absolute atomic E-state index is 13.1. The Morgan fingerprint density at radius 1 is 0.705 bits per heavy atom. The maximum Gasteiger partial charge on any atom is 0.472 e. The Kier molecular flexibility index (Phi) is 7.16. The second-order valence-corrected chi connectivity index (χ2v) is 12.8. The van der Waals surface area contributed by atoms with Crippen molar-refractivity contribution >= 4 is 49.6 Å². The highest BCUT2D eigenvalue weighted by Gasteiger charge is 2.54. The Hall–Kier alpha value is -3.24. The number of hydrogen-bond donors (Lipinski definition) is 6. The zero-order valence-electron chi connectivity index (χ0n) is 22.0. The molecular formula is C20H24N10O12P2. The van der Waals surface area contributed by atoms with Gasteiger partial charge in [0.1, 0.15) is 60.3 Å². The fourth-order valence-electron chi connectivity index (χ4n) is 5.24. The summed E-state index contributed by atoms with van der Waals surface area (Å²) >= 11 is 0. The standard InChI is InChI=1S/C20H24N10O12P2/c21-15-9-17(25-3-23-15)29(5-27-9)19-11(31)13-7(39-19)1-37-43(33,34)42-14-8(2-38-44(35,36)41-13)40-20(12(14)32)30-6-28-10-16(22)24-4-26-18(10)30/h3-8,11-14,19-20,31-32H,1-2H2,(H,33,34)(H,35,36)(H2,21,23,25)(H2,22,24,26)/t7-,8?,11?,12+,13+,14+,19-,20?/m1/s1. The monoisotopic (exact) mass is 658 g/mol. The summed E-state index contributed by atoms with van der Waals surface area (Å²) in [4.78, 5) is 45.3. The molecule has 4 aromatic heterocycles. The first-order valence-electron chi connectivity index (χ1n) is 12.8. The molecule has 22 nitrogen and oxygen atoms in total. The maximum atomic E-state index is 13.1. The van der Waals surface area contributed by atoms with E-state index in [1.54, 1.807) is 0 Å². The van der Waals surface area contributed by atoms with E-state index in [4.69, 9.17) is 39.0 Å². The molecule has 0 bridgehead atoms. The first kappa shape index (κ1) is 29.5. The van der Waals surface area contributed by atoms with E-state index in [9.17, 15) is 29.1 Å². The normalized spacial score (nSPS) is 38.3. The van der Waals surface area contributed by atoms with Gasteiger partial charge in [-0.15, -0.1) is 0 Å². The molecule has 44 heavy (non-hydrogen) atoms. The number of phosphoric acid groups is 2. The third kappa shape index (κ3) is 5.04. The van der Waals surface area contributed by atoms with E-state index in [-0.39, 0.29) is 34.0 Å². The smallest absolute Gasteiger partial charge is 0.386 e. The van der Waals surface area contributed by atoms with Crippen molar-refractivity contribution in [3.63, 3.8) is 0 Å². The van der Waals surface area contributed by atoms with Crippen LogP contribution in [0.1, 0.15) is 12.5 Å². The number of nitrogen functional groups attached to an aromatic ring is 2. The number of imidazole rings is 2. The largest absolute Gasteiger partial charge is 0.472 e. The van der Waals surface area contributed by atoms with Gasteiger partial charge in [-0.2, -0.15) is 0 Å². The molecule has 0 radical (unpaired) electrons. The minimum absolute atomic E-state index is 0.0507. The number of phosphoric ester groups is 2. The van der Waals surface area contributed by atoms with Crippen LogP contribution < -0.4 is 11.5 Å². The molecule has 7 heterocycles. The number of aliphatic hydroxyl groups excluding tert-OH is 2. The molecule has 7 rings (SSSR count). The van der Waals surface area contributed by atoms with Crippen LogP contribution in [0, 0.1) is 0 Å². The summed E-state index contributed by atoms with van der Waals surface area (Å²) in [5, 5.41) is 22.2. The van der Waals surface area contributed by atoms with Crippen LogP contribution in [0.15, 0.2) is 25.3 Å². The Morgan fingerprint density at radius 3 is 1.52 bits per heavy atom. The van der Waals surface area contributed by atoms with Crippen LogP contribution >= 0.6 is 15.6 Å². The van der Waals surface area contributed by atoms with Crippen LogP contribution in [0.25, 0.3) is 22.3 Å². The van der Waals surface area contributed by atoms with Crippen LogP contribution in [-0.4, -0.2) is 109 Å². The van der Waals surface area contributed by atoms with Crippen molar-refractivity contribution in [3.05, 3.63) is 25.3 Å². The van der Waals surface area contributed by atoms with Gasteiger partial charge < -0.3 is 40.9 Å². The van der Waals surface area contributed by atoms with Crippen molar-refractivity contribution in [1.82, 2.24) is 39.0 Å². The molecule has 4 aromatic rings. The number of fused-ring (bicyclic) bond motifs is 4. The van der Waals surface area contributed by atoms with Gasteiger partial charge in [-0.1, -0.05) is 0 Å². The van der Waals surface area contributed by atoms with Gasteiger partial charge in [-0.25, -0.2) is 39.0 Å². The van der Waals surface area contributed by atoms with Crippen molar-refractivity contribution in [2.75, 3.05) is 24.7 Å². The lowest BCUT2D eigenvalue weighted by Crippen LogP contribution is -2.39. The minimum atomic E-state index is -5.00. The minimum Gasteiger partial charge on any atom is -0.386 e. The Morgan fingerprint density at radius 2 is 1.11 bits per heavy atom. The molecule has 0 saturated carbocycles. The number of aromatic nitrogens is 8. The predicted molar refractivity (Wildman–Crippen MR) is 141 cm³/mol. The van der Waals surface area contributed by atoms with Gasteiger partial charge in [0.25, 0.3) is 0 Å². The number of aliphatic hydroxyl groups is 2. The number of hydrogen-bond acceptors (Lipinski definition) is 18. The fourth-order valence-corrected chi connectivity index (χ4v) is 7.17. The number of nitrogens with zero attached hydrogens (tertiary/aromatic N) is 8. The molecule has 0 aromatic carbocycles. The Bertz CT molecular complexity index is 1690. The van der Waals surface area contributed by atoms with Crippen LogP contribution in [-0.2, 0) is 36.7 Å². The SMILES string of the molecule is Nc1ncnc2c1ncn2C1OC2COP(=O)(O)O[C@@H]3C(O)[C@H](n4cnc5c(N)ncnc54)O[C@@H]3COP(=O)(O)O[C@@H]2[C@@H]1O. The zero-order chi connectivity index (χ0) is 31.0. The summed E-state index contributed by atoms with van der Waals surface area (Å²) in [5.74, 6) is 0.101. The van der Waals surface area contributed by atoms with E-state index in [0.29, 0.717) is 0 Å². The third-order valence-electron chi connectivity index (χ3n) is 7.26. The quantitative estimate of drug-likeness (QED) is 0.132. The van der Waals surface area contributed by atoms with E-state index in [1.165, 1.54) is 21.8 Å². The van der Waals surface area contributed by atoms with Crippen molar-refractivity contribution in [2.24, 2.45) is 0 Å². The molecule has 3 aliphatic heterocycles. The highest BCUT2D eigenvalue weighted by Crippen LogP contribution is 2.53. The first-order chi connectivity index (χ1) is 20.9. The summed E-state index contributed by atoms with van der Waals surface area (Å²) in [6.07, 6.45) is -7.30. The van der Waals surface area contributed by atoms with Crippen molar-refractivity contribution in [3.8, 4) is 0 Å². The van der Waals surface area contributed by atoms with Gasteiger partial charge in [0, 0.05) is 0 Å². The highest BCUT2D eigenvalue weighted by molar-refractivity contribution is 7.47. The summed E-state index contributed by atoms with van der Waals surface area (Å²) in [6.45, 7) is -1.56. The van der Waals surface area contributed by atoms with Gasteiger partial charge in [0.15, 0.2) is 35.4 Å². The molecular weight excluding hydrogens is 634 g/mol. The molecule has 3 fully saturated rings. The van der Waals surface area contributed by atoms with Gasteiger partial charge in [0.05, 0.1) is 25.9 Å². The molecule has 0 amide bonds. The lowest BCUT2D eigenvalue weighted by molar-refractivity contribution is -0.0664. The summed E-state index contributed by atoms with van der Waals surface area (Å²) < 4.78 is 61.2. The van der Waals surface area contributed by atoms with Gasteiger partial charge >= 0.3 is 15.6 Å². The zero-order valence-corrected chi connectivity index (χ0v) is 23.8. The number of rotatable bonds is 2. The lowest BCUT2D eigenvalue weighted by atomic mass is 10.1. The molecule has 236 valence electrons. The molecule has 5 unspecified atom stereocenters. The van der Waals surface area contributed by atoms with Gasteiger partial charge in [0.2, 0.25) is 0 Å². The second-order valence-electron chi connectivity index (χ2n) is 9.95. The van der Waals surface area contributed by atoms with E-state index in [1.807, 2.05) is 0 Å². The van der Waals surface area contributed by atoms with Crippen LogP contribution in [0.4, 0.5) is 11.6 Å². The molecule has 10 atom stereocenters. The molecule has 24 heteroatoms. The summed E-state index contributed by atoms with van der Waals surface area (Å²) in [5.41, 5.74) is 12.4. The number of ether oxygens (including phenoxy) is 2.